The van der Waals surface area contributed by atoms with Crippen LogP contribution in [0.5, 0.6) is 0 Å². The predicted octanol–water partition coefficient (Wildman–Crippen LogP) is 1.85. The monoisotopic (exact) mass is 169 g/mol. The maximum atomic E-state index is 5.72. The number of rotatable bonds is 2. The number of hydrogen-bond acceptors (Lipinski definition) is 2. The van der Waals surface area contributed by atoms with Gasteiger partial charge in [-0.25, -0.2) is 0 Å². The van der Waals surface area contributed by atoms with Gasteiger partial charge < -0.3 is 4.74 Å². The van der Waals surface area contributed by atoms with E-state index in [1.165, 1.54) is 25.8 Å². The lowest BCUT2D eigenvalue weighted by Gasteiger charge is -2.22. The highest BCUT2D eigenvalue weighted by molar-refractivity contribution is 4.89. The summed E-state index contributed by atoms with van der Waals surface area (Å²) in [5.41, 5.74) is 0. The summed E-state index contributed by atoms with van der Waals surface area (Å²) in [6, 6.07) is 0.757. The third kappa shape index (κ3) is 1.50. The number of hydrogen-bond donors (Lipinski definition) is 0. The molecular formula is C10H19NO. The van der Waals surface area contributed by atoms with E-state index < -0.39 is 0 Å². The second kappa shape index (κ2) is 3.35. The Morgan fingerprint density at radius 3 is 3.00 bits per heavy atom. The van der Waals surface area contributed by atoms with E-state index in [1.54, 1.807) is 0 Å². The molecule has 2 fully saturated rings. The second-order valence-electron chi connectivity index (χ2n) is 4.50. The third-order valence-electron chi connectivity index (χ3n) is 2.94. The zero-order valence-corrected chi connectivity index (χ0v) is 8.12. The number of nitrogens with zero attached hydrogens (tertiary/aromatic N) is 1. The van der Waals surface area contributed by atoms with E-state index >= 15 is 0 Å². The Morgan fingerprint density at radius 2 is 2.25 bits per heavy atom. The molecule has 1 saturated heterocycles. The van der Waals surface area contributed by atoms with Crippen LogP contribution in [0, 0.1) is 5.92 Å². The number of ether oxygens (including phenoxy) is 1. The van der Waals surface area contributed by atoms with Gasteiger partial charge in [-0.15, -0.1) is 0 Å². The zero-order valence-electron chi connectivity index (χ0n) is 8.12. The van der Waals surface area contributed by atoms with Crippen molar-refractivity contribution in [2.24, 2.45) is 5.92 Å². The van der Waals surface area contributed by atoms with Crippen molar-refractivity contribution in [1.82, 2.24) is 4.90 Å². The molecule has 70 valence electrons. The molecule has 2 nitrogen and oxygen atoms in total. The molecule has 0 aromatic heterocycles. The van der Waals surface area contributed by atoms with Gasteiger partial charge in [-0.3, -0.25) is 4.90 Å². The first-order valence-electron chi connectivity index (χ1n) is 5.13. The van der Waals surface area contributed by atoms with E-state index in [0.717, 1.165) is 18.7 Å². The van der Waals surface area contributed by atoms with E-state index in [9.17, 15) is 0 Å². The van der Waals surface area contributed by atoms with Crippen LogP contribution in [0.2, 0.25) is 0 Å². The standard InChI is InChI=1S/C10H19NO/c1-8(2)6-11-7-12-10-5-3-4-9(10)11/h8-10H,3-7H2,1-2H3/t9-,10+/m1/s1. The van der Waals surface area contributed by atoms with E-state index in [1.807, 2.05) is 0 Å². The molecule has 2 atom stereocenters. The maximum Gasteiger partial charge on any atom is 0.0998 e. The highest BCUT2D eigenvalue weighted by Gasteiger charge is 2.38. The lowest BCUT2D eigenvalue weighted by atomic mass is 10.1. The first kappa shape index (κ1) is 8.52. The van der Waals surface area contributed by atoms with Crippen LogP contribution in [0.3, 0.4) is 0 Å². The van der Waals surface area contributed by atoms with Gasteiger partial charge in [0.1, 0.15) is 0 Å². The molecule has 1 saturated carbocycles. The predicted molar refractivity (Wildman–Crippen MR) is 48.9 cm³/mol. The van der Waals surface area contributed by atoms with Crippen molar-refractivity contribution in [2.45, 2.75) is 45.3 Å². The first-order chi connectivity index (χ1) is 5.77. The number of fused-ring (bicyclic) bond motifs is 1. The van der Waals surface area contributed by atoms with Gasteiger partial charge in [0, 0.05) is 12.6 Å². The van der Waals surface area contributed by atoms with Crippen LogP contribution in [0.4, 0.5) is 0 Å². The van der Waals surface area contributed by atoms with Gasteiger partial charge in [0.2, 0.25) is 0 Å². The molecule has 12 heavy (non-hydrogen) atoms. The summed E-state index contributed by atoms with van der Waals surface area (Å²) >= 11 is 0. The molecule has 1 aliphatic carbocycles. The molecule has 0 spiro atoms. The van der Waals surface area contributed by atoms with Crippen molar-refractivity contribution in [2.75, 3.05) is 13.3 Å². The van der Waals surface area contributed by atoms with Crippen LogP contribution in [0.15, 0.2) is 0 Å². The highest BCUT2D eigenvalue weighted by atomic mass is 16.5. The van der Waals surface area contributed by atoms with Crippen molar-refractivity contribution in [1.29, 1.82) is 0 Å². The largest absolute Gasteiger partial charge is 0.361 e. The Morgan fingerprint density at radius 1 is 1.42 bits per heavy atom. The summed E-state index contributed by atoms with van der Waals surface area (Å²) in [6.45, 7) is 6.65. The average Bonchev–Trinajstić information content (AvgIpc) is 2.52. The lowest BCUT2D eigenvalue weighted by Crippen LogP contribution is -2.34. The summed E-state index contributed by atoms with van der Waals surface area (Å²) in [5, 5.41) is 0. The first-order valence-corrected chi connectivity index (χ1v) is 5.13. The molecular weight excluding hydrogens is 150 g/mol. The van der Waals surface area contributed by atoms with Crippen LogP contribution in [-0.4, -0.2) is 30.3 Å². The Hall–Kier alpha value is -0.0800. The molecule has 1 heterocycles. The molecule has 0 aromatic rings. The van der Waals surface area contributed by atoms with Gasteiger partial charge >= 0.3 is 0 Å². The van der Waals surface area contributed by atoms with Crippen molar-refractivity contribution >= 4 is 0 Å². The minimum atomic E-state index is 0.573. The summed E-state index contributed by atoms with van der Waals surface area (Å²) in [5.74, 6) is 0.771. The average molecular weight is 169 g/mol. The molecule has 2 aliphatic rings. The van der Waals surface area contributed by atoms with E-state index in [2.05, 4.69) is 18.7 Å². The molecule has 0 unspecified atom stereocenters. The smallest absolute Gasteiger partial charge is 0.0998 e. The Labute approximate surface area is 74.9 Å². The van der Waals surface area contributed by atoms with E-state index in [-0.39, 0.29) is 0 Å². The molecule has 0 aromatic carbocycles. The van der Waals surface area contributed by atoms with Crippen LogP contribution in [-0.2, 0) is 4.74 Å². The lowest BCUT2D eigenvalue weighted by molar-refractivity contribution is 0.0832. The summed E-state index contributed by atoms with van der Waals surface area (Å²) in [6.07, 6.45) is 4.59. The van der Waals surface area contributed by atoms with Crippen LogP contribution in [0.25, 0.3) is 0 Å². The second-order valence-corrected chi connectivity index (χ2v) is 4.50. The minimum absolute atomic E-state index is 0.573. The van der Waals surface area contributed by atoms with Gasteiger partial charge in [0.25, 0.3) is 0 Å². The fourth-order valence-corrected chi connectivity index (χ4v) is 2.46. The molecule has 2 rings (SSSR count). The zero-order chi connectivity index (χ0) is 8.55. The third-order valence-corrected chi connectivity index (χ3v) is 2.94. The Bertz CT molecular complexity index is 158. The molecule has 0 bridgehead atoms. The normalized spacial score (nSPS) is 36.2. The fraction of sp³-hybridized carbons (Fsp3) is 1.00. The van der Waals surface area contributed by atoms with Crippen LogP contribution >= 0.6 is 0 Å². The van der Waals surface area contributed by atoms with Gasteiger partial charge in [0.15, 0.2) is 0 Å². The molecule has 1 aliphatic heterocycles. The van der Waals surface area contributed by atoms with Crippen LogP contribution in [0.1, 0.15) is 33.1 Å². The van der Waals surface area contributed by atoms with Gasteiger partial charge in [-0.1, -0.05) is 13.8 Å². The van der Waals surface area contributed by atoms with E-state index in [0.29, 0.717) is 6.10 Å². The fourth-order valence-electron chi connectivity index (χ4n) is 2.46. The van der Waals surface area contributed by atoms with Crippen molar-refractivity contribution in [3.8, 4) is 0 Å². The van der Waals surface area contributed by atoms with Gasteiger partial charge in [0.05, 0.1) is 12.8 Å². The topological polar surface area (TPSA) is 12.5 Å². The SMILES string of the molecule is CC(C)CN1CO[C@H]2CCC[C@H]21. The van der Waals surface area contributed by atoms with E-state index in [4.69, 9.17) is 4.74 Å². The van der Waals surface area contributed by atoms with Gasteiger partial charge in [-0.05, 0) is 25.2 Å². The maximum absolute atomic E-state index is 5.72. The minimum Gasteiger partial charge on any atom is -0.361 e. The van der Waals surface area contributed by atoms with Gasteiger partial charge in [-0.2, -0.15) is 0 Å². The summed E-state index contributed by atoms with van der Waals surface area (Å²) in [7, 11) is 0. The molecule has 0 radical (unpaired) electrons. The Kier molecular flexibility index (Phi) is 2.37. The summed E-state index contributed by atoms with van der Waals surface area (Å²) in [4.78, 5) is 2.52. The highest BCUT2D eigenvalue weighted by Crippen LogP contribution is 2.31. The van der Waals surface area contributed by atoms with Crippen LogP contribution < -0.4 is 0 Å². The summed E-state index contributed by atoms with van der Waals surface area (Å²) < 4.78 is 5.72. The molecule has 0 N–H and O–H groups in total. The quantitative estimate of drug-likeness (QED) is 0.625. The Balaban J connectivity index is 1.91. The van der Waals surface area contributed by atoms with Crippen molar-refractivity contribution in [3.05, 3.63) is 0 Å². The molecule has 0 amide bonds. The molecule has 2 heteroatoms. The van der Waals surface area contributed by atoms with Crippen molar-refractivity contribution < 1.29 is 4.74 Å². The van der Waals surface area contributed by atoms with Crippen molar-refractivity contribution in [3.63, 3.8) is 0 Å².